The van der Waals surface area contributed by atoms with Crippen molar-refractivity contribution in [1.29, 1.82) is 0 Å². The molecule has 3 nitrogen and oxygen atoms in total. The van der Waals surface area contributed by atoms with Crippen molar-refractivity contribution in [3.05, 3.63) is 0 Å². The van der Waals surface area contributed by atoms with Crippen molar-refractivity contribution in [3.8, 4) is 0 Å². The number of aliphatic hydroxyl groups is 1. The van der Waals surface area contributed by atoms with E-state index in [9.17, 15) is 4.79 Å². The molecule has 0 aromatic heterocycles. The minimum atomic E-state index is -0.884. The average Bonchev–Trinajstić information content (AvgIpc) is 1.65. The standard InChI is InChI=1S/C4H9NO2/c1-3(6)4(7)5-2/h3,6H,1-2H3,(H,5,7). The Kier molecular flexibility index (Phi) is 2.37. The van der Waals surface area contributed by atoms with Gasteiger partial charge in [-0.1, -0.05) is 0 Å². The lowest BCUT2D eigenvalue weighted by atomic mass is 10.4. The molecule has 0 aromatic rings. The fraction of sp³-hybridized carbons (Fsp3) is 0.750. The SMILES string of the molecule is CNC(=O)C(C)O. The summed E-state index contributed by atoms with van der Waals surface area (Å²) in [7, 11) is 1.48. The van der Waals surface area contributed by atoms with E-state index in [-0.39, 0.29) is 5.91 Å². The molecule has 0 aliphatic heterocycles. The van der Waals surface area contributed by atoms with Crippen LogP contribution in [0.1, 0.15) is 6.92 Å². The second-order valence-corrected chi connectivity index (χ2v) is 1.29. The molecule has 0 radical (unpaired) electrons. The predicted octanol–water partition coefficient (Wildman–Crippen LogP) is -0.887. The zero-order chi connectivity index (χ0) is 5.86. The molecule has 1 unspecified atom stereocenters. The maximum Gasteiger partial charge on any atom is 0.248 e. The summed E-state index contributed by atoms with van der Waals surface area (Å²) >= 11 is 0. The summed E-state index contributed by atoms with van der Waals surface area (Å²) in [5, 5.41) is 10.7. The number of carbonyl (C=O) groups excluding carboxylic acids is 1. The normalized spacial score (nSPS) is 13.0. The van der Waals surface area contributed by atoms with E-state index < -0.39 is 6.10 Å². The first-order chi connectivity index (χ1) is 3.18. The molecule has 2 N–H and O–H groups in total. The highest BCUT2D eigenvalue weighted by Gasteiger charge is 2.02. The first-order valence-electron chi connectivity index (χ1n) is 2.08. The second-order valence-electron chi connectivity index (χ2n) is 1.29. The van der Waals surface area contributed by atoms with Gasteiger partial charge in [0.1, 0.15) is 6.10 Å². The summed E-state index contributed by atoms with van der Waals surface area (Å²) in [5.41, 5.74) is 0. The molecule has 0 bridgehead atoms. The van der Waals surface area contributed by atoms with Gasteiger partial charge in [0, 0.05) is 7.05 Å². The van der Waals surface area contributed by atoms with Crippen LogP contribution in [0.2, 0.25) is 0 Å². The zero-order valence-electron chi connectivity index (χ0n) is 4.43. The molecule has 7 heavy (non-hydrogen) atoms. The van der Waals surface area contributed by atoms with Crippen LogP contribution in [-0.4, -0.2) is 24.2 Å². The fourth-order valence-electron chi connectivity index (χ4n) is 0.209. The van der Waals surface area contributed by atoms with Gasteiger partial charge in [-0.15, -0.1) is 0 Å². The summed E-state index contributed by atoms with van der Waals surface area (Å²) in [6.45, 7) is 1.42. The highest BCUT2D eigenvalue weighted by molar-refractivity contribution is 5.79. The minimum Gasteiger partial charge on any atom is -0.384 e. The summed E-state index contributed by atoms with van der Waals surface area (Å²) in [6.07, 6.45) is -0.884. The summed E-state index contributed by atoms with van der Waals surface area (Å²) in [6, 6.07) is 0. The Bertz CT molecular complexity index is 70.1. The lowest BCUT2D eigenvalue weighted by molar-refractivity contribution is -0.127. The summed E-state index contributed by atoms with van der Waals surface area (Å²) in [5.74, 6) is -0.347. The van der Waals surface area contributed by atoms with Crippen molar-refractivity contribution in [2.24, 2.45) is 0 Å². The molecule has 0 saturated carbocycles. The van der Waals surface area contributed by atoms with E-state index in [1.807, 2.05) is 0 Å². The van der Waals surface area contributed by atoms with Crippen LogP contribution in [0.15, 0.2) is 0 Å². The molecule has 1 amide bonds. The zero-order valence-corrected chi connectivity index (χ0v) is 4.43. The smallest absolute Gasteiger partial charge is 0.248 e. The Morgan fingerprint density at radius 2 is 2.29 bits per heavy atom. The van der Waals surface area contributed by atoms with Crippen molar-refractivity contribution in [2.45, 2.75) is 13.0 Å². The number of nitrogens with one attached hydrogen (secondary N) is 1. The van der Waals surface area contributed by atoms with Crippen molar-refractivity contribution >= 4 is 5.91 Å². The van der Waals surface area contributed by atoms with Crippen molar-refractivity contribution < 1.29 is 9.90 Å². The number of hydrogen-bond donors (Lipinski definition) is 2. The highest BCUT2D eigenvalue weighted by Crippen LogP contribution is 1.74. The number of hydrogen-bond acceptors (Lipinski definition) is 2. The van der Waals surface area contributed by atoms with Gasteiger partial charge in [0.05, 0.1) is 0 Å². The quantitative estimate of drug-likeness (QED) is 0.452. The van der Waals surface area contributed by atoms with Crippen LogP contribution in [0.4, 0.5) is 0 Å². The molecular weight excluding hydrogens is 94.0 g/mol. The minimum absolute atomic E-state index is 0.347. The Balaban J connectivity index is 3.35. The highest BCUT2D eigenvalue weighted by atomic mass is 16.3. The van der Waals surface area contributed by atoms with Gasteiger partial charge in [-0.3, -0.25) is 4.79 Å². The van der Waals surface area contributed by atoms with Gasteiger partial charge >= 0.3 is 0 Å². The largest absolute Gasteiger partial charge is 0.384 e. The van der Waals surface area contributed by atoms with E-state index in [1.165, 1.54) is 14.0 Å². The molecule has 0 fully saturated rings. The Morgan fingerprint density at radius 3 is 2.29 bits per heavy atom. The Labute approximate surface area is 42.3 Å². The monoisotopic (exact) mass is 103 g/mol. The lowest BCUT2D eigenvalue weighted by Gasteiger charge is -1.98. The molecule has 0 heterocycles. The number of likely N-dealkylation sites (N-methyl/N-ethyl adjacent to an activating group) is 1. The fourth-order valence-corrected chi connectivity index (χ4v) is 0.209. The van der Waals surface area contributed by atoms with Gasteiger partial charge < -0.3 is 10.4 Å². The average molecular weight is 103 g/mol. The van der Waals surface area contributed by atoms with Gasteiger partial charge in [0.25, 0.3) is 0 Å². The van der Waals surface area contributed by atoms with Crippen LogP contribution >= 0.6 is 0 Å². The van der Waals surface area contributed by atoms with Gasteiger partial charge in [0.15, 0.2) is 0 Å². The molecule has 0 spiro atoms. The molecule has 0 aliphatic carbocycles. The van der Waals surface area contributed by atoms with Crippen molar-refractivity contribution in [2.75, 3.05) is 7.05 Å². The molecule has 0 aromatic carbocycles. The van der Waals surface area contributed by atoms with Crippen LogP contribution in [0.3, 0.4) is 0 Å². The Morgan fingerprint density at radius 1 is 1.86 bits per heavy atom. The van der Waals surface area contributed by atoms with Crippen LogP contribution in [0, 0.1) is 0 Å². The molecule has 0 rings (SSSR count). The van der Waals surface area contributed by atoms with Crippen LogP contribution in [-0.2, 0) is 4.79 Å². The molecule has 3 heteroatoms. The second kappa shape index (κ2) is 2.58. The van der Waals surface area contributed by atoms with Crippen molar-refractivity contribution in [3.63, 3.8) is 0 Å². The van der Waals surface area contributed by atoms with E-state index in [0.29, 0.717) is 0 Å². The van der Waals surface area contributed by atoms with E-state index in [1.54, 1.807) is 0 Å². The lowest BCUT2D eigenvalue weighted by Crippen LogP contribution is -2.28. The van der Waals surface area contributed by atoms with E-state index >= 15 is 0 Å². The number of carbonyl (C=O) groups is 1. The molecule has 0 aliphatic rings. The van der Waals surface area contributed by atoms with E-state index in [0.717, 1.165) is 0 Å². The first-order valence-corrected chi connectivity index (χ1v) is 2.08. The van der Waals surface area contributed by atoms with Crippen LogP contribution in [0.5, 0.6) is 0 Å². The van der Waals surface area contributed by atoms with E-state index in [2.05, 4.69) is 5.32 Å². The number of amides is 1. The van der Waals surface area contributed by atoms with Gasteiger partial charge in [-0.2, -0.15) is 0 Å². The maximum absolute atomic E-state index is 10.2. The van der Waals surface area contributed by atoms with E-state index in [4.69, 9.17) is 5.11 Å². The van der Waals surface area contributed by atoms with Gasteiger partial charge in [-0.05, 0) is 6.92 Å². The van der Waals surface area contributed by atoms with Gasteiger partial charge in [-0.25, -0.2) is 0 Å². The van der Waals surface area contributed by atoms with Crippen LogP contribution < -0.4 is 5.32 Å². The third-order valence-electron chi connectivity index (χ3n) is 0.626. The van der Waals surface area contributed by atoms with Gasteiger partial charge in [0.2, 0.25) is 5.91 Å². The molecule has 1 atom stereocenters. The topological polar surface area (TPSA) is 49.3 Å². The first kappa shape index (κ1) is 6.43. The third-order valence-corrected chi connectivity index (χ3v) is 0.626. The number of rotatable bonds is 1. The number of aliphatic hydroxyl groups excluding tert-OH is 1. The predicted molar refractivity (Wildman–Crippen MR) is 25.7 cm³/mol. The molecular formula is C4H9NO2. The summed E-state index contributed by atoms with van der Waals surface area (Å²) in [4.78, 5) is 10.2. The Hall–Kier alpha value is -0.570. The third kappa shape index (κ3) is 2.17. The summed E-state index contributed by atoms with van der Waals surface area (Å²) < 4.78 is 0. The molecule has 42 valence electrons. The molecule has 0 saturated heterocycles. The maximum atomic E-state index is 10.2. The van der Waals surface area contributed by atoms with Crippen LogP contribution in [0.25, 0.3) is 0 Å². The van der Waals surface area contributed by atoms with Crippen molar-refractivity contribution in [1.82, 2.24) is 5.32 Å².